The number of nitrogens with one attached hydrogen (secondary N) is 1. The maximum absolute atomic E-state index is 13.2. The van der Waals surface area contributed by atoms with E-state index >= 15 is 0 Å². The fourth-order valence-electron chi connectivity index (χ4n) is 2.19. The van der Waals surface area contributed by atoms with Crippen molar-refractivity contribution in [2.45, 2.75) is 12.5 Å². The van der Waals surface area contributed by atoms with Crippen LogP contribution in [-0.4, -0.2) is 16.3 Å². The number of halogens is 2. The first-order valence-corrected chi connectivity index (χ1v) is 5.48. The summed E-state index contributed by atoms with van der Waals surface area (Å²) in [6.45, 7) is 0.801. The van der Waals surface area contributed by atoms with Gasteiger partial charge in [0.1, 0.15) is 5.82 Å². The van der Waals surface area contributed by atoms with E-state index in [0.717, 1.165) is 30.4 Å². The van der Waals surface area contributed by atoms with Crippen molar-refractivity contribution < 1.29 is 8.78 Å². The third-order valence-electron chi connectivity index (χ3n) is 3.02. The van der Waals surface area contributed by atoms with Gasteiger partial charge in [-0.05, 0) is 24.1 Å². The molecule has 1 N–H and O–H groups in total. The number of aromatic nitrogens is 2. The predicted octanol–water partition coefficient (Wildman–Crippen LogP) is 2.57. The summed E-state index contributed by atoms with van der Waals surface area (Å²) in [5.41, 5.74) is 0.746. The molecule has 1 aliphatic heterocycles. The maximum atomic E-state index is 13.2. The Morgan fingerprint density at radius 2 is 2.12 bits per heavy atom. The molecule has 5 heteroatoms. The lowest BCUT2D eigenvalue weighted by atomic mass is 10.0. The highest BCUT2D eigenvalue weighted by atomic mass is 19.2. The summed E-state index contributed by atoms with van der Waals surface area (Å²) in [5, 5.41) is 7.41. The number of benzene rings is 1. The Balaban J connectivity index is 2.03. The molecule has 2 heterocycles. The van der Waals surface area contributed by atoms with Gasteiger partial charge >= 0.3 is 0 Å². The van der Waals surface area contributed by atoms with Crippen LogP contribution in [0.4, 0.5) is 14.6 Å². The predicted molar refractivity (Wildman–Crippen MR) is 59.8 cm³/mol. The molecule has 1 aliphatic rings. The van der Waals surface area contributed by atoms with Crippen LogP contribution < -0.4 is 5.32 Å². The molecular formula is C12H11F2N3. The van der Waals surface area contributed by atoms with Crippen LogP contribution in [-0.2, 0) is 0 Å². The first kappa shape index (κ1) is 10.3. The number of hydrogen-bond acceptors (Lipinski definition) is 2. The van der Waals surface area contributed by atoms with Gasteiger partial charge in [-0.25, -0.2) is 13.5 Å². The smallest absolute Gasteiger partial charge is 0.159 e. The molecule has 1 aromatic carbocycles. The number of anilines is 1. The van der Waals surface area contributed by atoms with E-state index in [9.17, 15) is 8.78 Å². The highest BCUT2D eigenvalue weighted by molar-refractivity contribution is 5.38. The topological polar surface area (TPSA) is 29.9 Å². The lowest BCUT2D eigenvalue weighted by Gasteiger charge is -2.26. The molecular weight excluding hydrogens is 224 g/mol. The molecule has 0 saturated heterocycles. The van der Waals surface area contributed by atoms with Crippen LogP contribution in [0.25, 0.3) is 0 Å². The molecule has 0 saturated carbocycles. The van der Waals surface area contributed by atoms with E-state index in [2.05, 4.69) is 10.4 Å². The molecule has 0 radical (unpaired) electrons. The zero-order valence-corrected chi connectivity index (χ0v) is 9.03. The second-order valence-electron chi connectivity index (χ2n) is 4.07. The SMILES string of the molecule is Fc1ccc(C2CCNc3ccnn32)cc1F. The average Bonchev–Trinajstić information content (AvgIpc) is 2.80. The van der Waals surface area contributed by atoms with Crippen LogP contribution in [0.3, 0.4) is 0 Å². The number of rotatable bonds is 1. The minimum atomic E-state index is -0.816. The van der Waals surface area contributed by atoms with Crippen LogP contribution in [0, 0.1) is 11.6 Å². The van der Waals surface area contributed by atoms with Crippen molar-refractivity contribution in [1.82, 2.24) is 9.78 Å². The van der Waals surface area contributed by atoms with Crippen molar-refractivity contribution in [1.29, 1.82) is 0 Å². The molecule has 1 atom stereocenters. The normalized spacial score (nSPS) is 18.6. The van der Waals surface area contributed by atoms with E-state index in [1.165, 1.54) is 6.07 Å². The highest BCUT2D eigenvalue weighted by Gasteiger charge is 2.22. The number of hydrogen-bond donors (Lipinski definition) is 1. The first-order chi connectivity index (χ1) is 8.25. The molecule has 0 bridgehead atoms. The Morgan fingerprint density at radius 3 is 2.94 bits per heavy atom. The van der Waals surface area contributed by atoms with E-state index in [1.54, 1.807) is 16.9 Å². The van der Waals surface area contributed by atoms with Crippen LogP contribution >= 0.6 is 0 Å². The Bertz CT molecular complexity index is 550. The van der Waals surface area contributed by atoms with Crippen molar-refractivity contribution in [3.8, 4) is 0 Å². The largest absolute Gasteiger partial charge is 0.370 e. The van der Waals surface area contributed by atoms with Gasteiger partial charge in [0.2, 0.25) is 0 Å². The van der Waals surface area contributed by atoms with Gasteiger partial charge in [0.25, 0.3) is 0 Å². The van der Waals surface area contributed by atoms with Crippen molar-refractivity contribution >= 4 is 5.82 Å². The van der Waals surface area contributed by atoms with Crippen LogP contribution in [0.15, 0.2) is 30.5 Å². The van der Waals surface area contributed by atoms with Gasteiger partial charge in [0.15, 0.2) is 11.6 Å². The number of fused-ring (bicyclic) bond motifs is 1. The summed E-state index contributed by atoms with van der Waals surface area (Å²) in [6.07, 6.45) is 2.50. The summed E-state index contributed by atoms with van der Waals surface area (Å²) in [4.78, 5) is 0. The van der Waals surface area contributed by atoms with Crippen molar-refractivity contribution in [3.63, 3.8) is 0 Å². The van der Waals surface area contributed by atoms with Crippen molar-refractivity contribution in [2.75, 3.05) is 11.9 Å². The minimum absolute atomic E-state index is 0.0312. The van der Waals surface area contributed by atoms with E-state index < -0.39 is 11.6 Å². The van der Waals surface area contributed by atoms with Crippen molar-refractivity contribution in [3.05, 3.63) is 47.7 Å². The van der Waals surface area contributed by atoms with E-state index in [1.807, 2.05) is 6.07 Å². The molecule has 0 fully saturated rings. The third kappa shape index (κ3) is 1.67. The standard InChI is InChI=1S/C12H11F2N3/c13-9-2-1-8(7-10(9)14)11-3-5-15-12-4-6-16-17(11)12/h1-2,4,6-7,11,15H,3,5H2. The molecule has 88 valence electrons. The molecule has 17 heavy (non-hydrogen) atoms. The number of nitrogens with zero attached hydrogens (tertiary/aromatic N) is 2. The van der Waals surface area contributed by atoms with E-state index in [-0.39, 0.29) is 6.04 Å². The minimum Gasteiger partial charge on any atom is -0.370 e. The zero-order valence-electron chi connectivity index (χ0n) is 9.03. The van der Waals surface area contributed by atoms with Gasteiger partial charge in [-0.15, -0.1) is 0 Å². The second kappa shape index (κ2) is 3.84. The lowest BCUT2D eigenvalue weighted by Crippen LogP contribution is -2.24. The van der Waals surface area contributed by atoms with Gasteiger partial charge in [-0.3, -0.25) is 0 Å². The summed E-state index contributed by atoms with van der Waals surface area (Å²) in [7, 11) is 0. The molecule has 0 spiro atoms. The van der Waals surface area contributed by atoms with Gasteiger partial charge in [-0.1, -0.05) is 6.07 Å². The highest BCUT2D eigenvalue weighted by Crippen LogP contribution is 2.29. The maximum Gasteiger partial charge on any atom is 0.159 e. The van der Waals surface area contributed by atoms with Crippen LogP contribution in [0.1, 0.15) is 18.0 Å². The first-order valence-electron chi connectivity index (χ1n) is 5.48. The molecule has 3 nitrogen and oxygen atoms in total. The Kier molecular flexibility index (Phi) is 2.31. The molecule has 0 aliphatic carbocycles. The zero-order chi connectivity index (χ0) is 11.8. The average molecular weight is 235 g/mol. The Hall–Kier alpha value is -1.91. The quantitative estimate of drug-likeness (QED) is 0.823. The Morgan fingerprint density at radius 1 is 1.24 bits per heavy atom. The lowest BCUT2D eigenvalue weighted by molar-refractivity contribution is 0.469. The van der Waals surface area contributed by atoms with E-state index in [4.69, 9.17) is 0 Å². The summed E-state index contributed by atoms with van der Waals surface area (Å²) in [5.74, 6) is -0.718. The van der Waals surface area contributed by atoms with Gasteiger partial charge < -0.3 is 5.32 Å². The van der Waals surface area contributed by atoms with Gasteiger partial charge in [-0.2, -0.15) is 5.10 Å². The van der Waals surface area contributed by atoms with Crippen LogP contribution in [0.2, 0.25) is 0 Å². The van der Waals surface area contributed by atoms with Crippen molar-refractivity contribution in [2.24, 2.45) is 0 Å². The fourth-order valence-corrected chi connectivity index (χ4v) is 2.19. The molecule has 1 unspecified atom stereocenters. The monoisotopic (exact) mass is 235 g/mol. The van der Waals surface area contributed by atoms with Gasteiger partial charge in [0.05, 0.1) is 12.2 Å². The molecule has 1 aromatic heterocycles. The second-order valence-corrected chi connectivity index (χ2v) is 4.07. The summed E-state index contributed by atoms with van der Waals surface area (Å²) >= 11 is 0. The molecule has 3 rings (SSSR count). The summed E-state index contributed by atoms with van der Waals surface area (Å²) < 4.78 is 27.9. The third-order valence-corrected chi connectivity index (χ3v) is 3.02. The van der Waals surface area contributed by atoms with Gasteiger partial charge in [0, 0.05) is 12.6 Å². The fraction of sp³-hybridized carbons (Fsp3) is 0.250. The van der Waals surface area contributed by atoms with Crippen LogP contribution in [0.5, 0.6) is 0 Å². The van der Waals surface area contributed by atoms with E-state index in [0.29, 0.717) is 0 Å². The molecule has 0 amide bonds. The summed E-state index contributed by atoms with van der Waals surface area (Å²) in [6, 6.07) is 5.86. The molecule has 2 aromatic rings. The Labute approximate surface area is 97.1 Å².